The summed E-state index contributed by atoms with van der Waals surface area (Å²) >= 11 is 6.29. The third kappa shape index (κ3) is 2.95. The Hall–Kier alpha value is -1.06. The molecule has 114 valence electrons. The summed E-state index contributed by atoms with van der Waals surface area (Å²) in [6, 6.07) is 5.69. The molecule has 4 heteroatoms. The Labute approximate surface area is 131 Å². The molecule has 1 aromatic carbocycles. The van der Waals surface area contributed by atoms with E-state index in [1.54, 1.807) is 0 Å². The maximum Gasteiger partial charge on any atom is 0.255 e. The van der Waals surface area contributed by atoms with Crippen molar-refractivity contribution in [2.75, 3.05) is 26.2 Å². The molecular formula is C17H23ClN2O. The number of hydrogen-bond donors (Lipinski definition) is 1. The van der Waals surface area contributed by atoms with Gasteiger partial charge in [0, 0.05) is 13.1 Å². The van der Waals surface area contributed by atoms with Gasteiger partial charge < -0.3 is 10.2 Å². The number of nitrogens with one attached hydrogen (secondary N) is 1. The second-order valence-electron chi connectivity index (χ2n) is 6.48. The number of carbonyl (C=O) groups is 1. The van der Waals surface area contributed by atoms with E-state index in [9.17, 15) is 4.79 Å². The average molecular weight is 307 g/mol. The molecule has 2 aliphatic heterocycles. The minimum Gasteiger partial charge on any atom is -0.339 e. The third-order valence-electron chi connectivity index (χ3n) is 5.20. The number of hydrogen-bond acceptors (Lipinski definition) is 2. The molecule has 0 radical (unpaired) electrons. The van der Waals surface area contributed by atoms with Gasteiger partial charge in [0.25, 0.3) is 5.91 Å². The molecule has 1 N–H and O–H groups in total. The molecule has 0 atom stereocenters. The number of benzene rings is 1. The fourth-order valence-electron chi connectivity index (χ4n) is 3.62. The lowest BCUT2D eigenvalue weighted by Gasteiger charge is -2.44. The van der Waals surface area contributed by atoms with Crippen LogP contribution in [0.25, 0.3) is 0 Å². The van der Waals surface area contributed by atoms with E-state index in [1.807, 2.05) is 30.0 Å². The first-order valence-corrected chi connectivity index (χ1v) is 8.24. The monoisotopic (exact) mass is 306 g/mol. The van der Waals surface area contributed by atoms with Crippen molar-refractivity contribution in [2.24, 2.45) is 5.41 Å². The highest BCUT2D eigenvalue weighted by atomic mass is 35.5. The molecule has 3 rings (SSSR count). The van der Waals surface area contributed by atoms with E-state index >= 15 is 0 Å². The second kappa shape index (κ2) is 5.98. The lowest BCUT2D eigenvalue weighted by Crippen LogP contribution is -2.47. The van der Waals surface area contributed by atoms with Crippen molar-refractivity contribution in [2.45, 2.75) is 32.6 Å². The van der Waals surface area contributed by atoms with Crippen LogP contribution in [0.1, 0.15) is 41.6 Å². The fraction of sp³-hybridized carbons (Fsp3) is 0.588. The largest absolute Gasteiger partial charge is 0.339 e. The molecule has 21 heavy (non-hydrogen) atoms. The number of halogens is 1. The van der Waals surface area contributed by atoms with Crippen LogP contribution in [-0.4, -0.2) is 37.0 Å². The molecule has 2 heterocycles. The first-order chi connectivity index (χ1) is 10.1. The molecule has 2 aliphatic rings. The molecule has 1 aromatic rings. The van der Waals surface area contributed by atoms with Crippen LogP contribution in [0.3, 0.4) is 0 Å². The zero-order valence-electron chi connectivity index (χ0n) is 12.6. The molecule has 1 spiro atoms. The highest BCUT2D eigenvalue weighted by Gasteiger charge is 2.37. The first kappa shape index (κ1) is 14.9. The SMILES string of the molecule is Cc1cccc(C(=O)N2CCC3(CCNCC3)CC2)c1Cl. The van der Waals surface area contributed by atoms with Gasteiger partial charge in [0.1, 0.15) is 0 Å². The Morgan fingerprint density at radius 1 is 1.19 bits per heavy atom. The Balaban J connectivity index is 1.69. The van der Waals surface area contributed by atoms with Crippen LogP contribution in [0.2, 0.25) is 5.02 Å². The molecule has 0 bridgehead atoms. The third-order valence-corrected chi connectivity index (χ3v) is 5.70. The molecular weight excluding hydrogens is 284 g/mol. The number of nitrogens with zero attached hydrogens (tertiary/aromatic N) is 1. The summed E-state index contributed by atoms with van der Waals surface area (Å²) < 4.78 is 0. The number of amides is 1. The van der Waals surface area contributed by atoms with Crippen LogP contribution in [0.5, 0.6) is 0 Å². The first-order valence-electron chi connectivity index (χ1n) is 7.86. The van der Waals surface area contributed by atoms with E-state index in [0.717, 1.165) is 44.6 Å². The Bertz CT molecular complexity index is 528. The molecule has 1 amide bonds. The predicted molar refractivity (Wildman–Crippen MR) is 85.9 cm³/mol. The summed E-state index contributed by atoms with van der Waals surface area (Å²) in [7, 11) is 0. The van der Waals surface area contributed by atoms with Gasteiger partial charge in [-0.2, -0.15) is 0 Å². The quantitative estimate of drug-likeness (QED) is 0.864. The van der Waals surface area contributed by atoms with E-state index in [1.165, 1.54) is 12.8 Å². The van der Waals surface area contributed by atoms with Gasteiger partial charge in [-0.3, -0.25) is 4.79 Å². The Morgan fingerprint density at radius 2 is 1.86 bits per heavy atom. The number of piperidine rings is 2. The van der Waals surface area contributed by atoms with Crippen LogP contribution in [0, 0.1) is 12.3 Å². The van der Waals surface area contributed by atoms with Crippen molar-refractivity contribution in [1.29, 1.82) is 0 Å². The molecule has 2 fully saturated rings. The summed E-state index contributed by atoms with van der Waals surface area (Å²) in [4.78, 5) is 14.7. The number of likely N-dealkylation sites (tertiary alicyclic amines) is 1. The minimum atomic E-state index is 0.0903. The predicted octanol–water partition coefficient (Wildman–Crippen LogP) is 3.25. The van der Waals surface area contributed by atoms with Gasteiger partial charge in [0.15, 0.2) is 0 Å². The Morgan fingerprint density at radius 3 is 2.52 bits per heavy atom. The topological polar surface area (TPSA) is 32.3 Å². The van der Waals surface area contributed by atoms with Gasteiger partial charge in [-0.25, -0.2) is 0 Å². The molecule has 0 unspecified atom stereocenters. The standard InChI is InChI=1S/C17H23ClN2O/c1-13-3-2-4-14(15(13)18)16(21)20-11-7-17(8-12-20)5-9-19-10-6-17/h2-4,19H,5-12H2,1H3. The highest BCUT2D eigenvalue weighted by Crippen LogP contribution is 2.39. The van der Waals surface area contributed by atoms with E-state index in [4.69, 9.17) is 11.6 Å². The summed E-state index contributed by atoms with van der Waals surface area (Å²) in [5, 5.41) is 4.03. The highest BCUT2D eigenvalue weighted by molar-refractivity contribution is 6.34. The van der Waals surface area contributed by atoms with Gasteiger partial charge >= 0.3 is 0 Å². The van der Waals surface area contributed by atoms with Crippen molar-refractivity contribution in [3.63, 3.8) is 0 Å². The van der Waals surface area contributed by atoms with E-state index in [-0.39, 0.29) is 5.91 Å². The number of rotatable bonds is 1. The van der Waals surface area contributed by atoms with Crippen LogP contribution in [0.15, 0.2) is 18.2 Å². The maximum absolute atomic E-state index is 12.7. The van der Waals surface area contributed by atoms with Gasteiger partial charge in [-0.05, 0) is 62.7 Å². The van der Waals surface area contributed by atoms with E-state index in [0.29, 0.717) is 16.0 Å². The van der Waals surface area contributed by atoms with Crippen molar-refractivity contribution >= 4 is 17.5 Å². The number of carbonyl (C=O) groups excluding carboxylic acids is 1. The summed E-state index contributed by atoms with van der Waals surface area (Å²) in [6.07, 6.45) is 4.76. The molecule has 0 aliphatic carbocycles. The second-order valence-corrected chi connectivity index (χ2v) is 6.86. The van der Waals surface area contributed by atoms with Crippen LogP contribution < -0.4 is 5.32 Å². The molecule has 0 aromatic heterocycles. The molecule has 2 saturated heterocycles. The van der Waals surface area contributed by atoms with E-state index in [2.05, 4.69) is 5.32 Å². The van der Waals surface area contributed by atoms with Crippen molar-refractivity contribution in [3.8, 4) is 0 Å². The molecule has 0 saturated carbocycles. The summed E-state index contributed by atoms with van der Waals surface area (Å²) in [5.74, 6) is 0.0903. The van der Waals surface area contributed by atoms with Gasteiger partial charge in [-0.15, -0.1) is 0 Å². The fourth-order valence-corrected chi connectivity index (χ4v) is 3.83. The molecule has 3 nitrogen and oxygen atoms in total. The van der Waals surface area contributed by atoms with Crippen molar-refractivity contribution < 1.29 is 4.79 Å². The van der Waals surface area contributed by atoms with Gasteiger partial charge in [0.2, 0.25) is 0 Å². The lowest BCUT2D eigenvalue weighted by atomic mass is 9.71. The summed E-state index contributed by atoms with van der Waals surface area (Å²) in [6.45, 7) is 5.92. The Kier molecular flexibility index (Phi) is 4.23. The van der Waals surface area contributed by atoms with Crippen LogP contribution >= 0.6 is 11.6 Å². The van der Waals surface area contributed by atoms with Gasteiger partial charge in [0.05, 0.1) is 10.6 Å². The smallest absolute Gasteiger partial charge is 0.255 e. The lowest BCUT2D eigenvalue weighted by molar-refractivity contribution is 0.0496. The zero-order valence-corrected chi connectivity index (χ0v) is 13.4. The minimum absolute atomic E-state index is 0.0903. The van der Waals surface area contributed by atoms with Crippen LogP contribution in [0.4, 0.5) is 0 Å². The van der Waals surface area contributed by atoms with Crippen molar-refractivity contribution in [1.82, 2.24) is 10.2 Å². The average Bonchev–Trinajstić information content (AvgIpc) is 2.51. The summed E-state index contributed by atoms with van der Waals surface area (Å²) in [5.41, 5.74) is 2.09. The number of aryl methyl sites for hydroxylation is 1. The van der Waals surface area contributed by atoms with Crippen LogP contribution in [-0.2, 0) is 0 Å². The van der Waals surface area contributed by atoms with Crippen molar-refractivity contribution in [3.05, 3.63) is 34.3 Å². The van der Waals surface area contributed by atoms with E-state index < -0.39 is 0 Å². The van der Waals surface area contributed by atoms with Gasteiger partial charge in [-0.1, -0.05) is 23.7 Å². The normalized spacial score (nSPS) is 21.5. The maximum atomic E-state index is 12.7. The zero-order chi connectivity index (χ0) is 14.9.